The maximum atomic E-state index is 12.3. The molecule has 0 aliphatic rings. The molecule has 0 spiro atoms. The second kappa shape index (κ2) is 7.92. The van der Waals surface area contributed by atoms with E-state index in [1.165, 1.54) is 6.20 Å². The molecule has 25 heavy (non-hydrogen) atoms. The molecule has 0 bridgehead atoms. The summed E-state index contributed by atoms with van der Waals surface area (Å²) in [4.78, 5) is 24.5. The molecule has 3 rings (SSSR count). The van der Waals surface area contributed by atoms with Crippen molar-refractivity contribution in [3.05, 3.63) is 83.7 Å². The molecule has 6 nitrogen and oxygen atoms in total. The van der Waals surface area contributed by atoms with Gasteiger partial charge in [0, 0.05) is 12.1 Å². The van der Waals surface area contributed by atoms with Crippen LogP contribution in [0.25, 0.3) is 0 Å². The summed E-state index contributed by atoms with van der Waals surface area (Å²) in [5.41, 5.74) is 2.24. The average molecular weight is 334 g/mol. The van der Waals surface area contributed by atoms with Gasteiger partial charge >= 0.3 is 0 Å². The van der Waals surface area contributed by atoms with Crippen LogP contribution in [0.15, 0.2) is 66.9 Å². The number of aromatic amines is 1. The van der Waals surface area contributed by atoms with Crippen molar-refractivity contribution in [1.82, 2.24) is 15.5 Å². The fourth-order valence-corrected chi connectivity index (χ4v) is 2.39. The number of H-pyrrole nitrogens is 1. The molecule has 2 aromatic carbocycles. The van der Waals surface area contributed by atoms with Crippen molar-refractivity contribution in [2.45, 2.75) is 6.42 Å². The molecular weight excluding hydrogens is 316 g/mol. The summed E-state index contributed by atoms with van der Waals surface area (Å²) in [5, 5.41) is 12.0. The molecule has 1 aromatic heterocycles. The third kappa shape index (κ3) is 4.32. The van der Waals surface area contributed by atoms with E-state index in [0.29, 0.717) is 17.8 Å². The van der Waals surface area contributed by atoms with E-state index in [-0.39, 0.29) is 17.5 Å². The summed E-state index contributed by atoms with van der Waals surface area (Å²) in [6.45, 7) is 0.494. The van der Waals surface area contributed by atoms with E-state index in [2.05, 4.69) is 20.8 Å². The highest BCUT2D eigenvalue weighted by Crippen LogP contribution is 2.13. The first kappa shape index (κ1) is 16.4. The number of nitrogens with one attached hydrogen (secondary N) is 3. The van der Waals surface area contributed by atoms with Crippen LogP contribution >= 0.6 is 0 Å². The Morgan fingerprint density at radius 2 is 1.60 bits per heavy atom. The van der Waals surface area contributed by atoms with Crippen molar-refractivity contribution in [2.24, 2.45) is 0 Å². The molecule has 0 fully saturated rings. The Hall–Kier alpha value is -3.41. The highest BCUT2D eigenvalue weighted by Gasteiger charge is 2.16. The number of hydrogen-bond acceptors (Lipinski definition) is 3. The maximum Gasteiger partial charge on any atom is 0.271 e. The van der Waals surface area contributed by atoms with Gasteiger partial charge in [-0.3, -0.25) is 14.7 Å². The monoisotopic (exact) mass is 334 g/mol. The number of anilines is 1. The van der Waals surface area contributed by atoms with E-state index in [1.54, 1.807) is 24.3 Å². The summed E-state index contributed by atoms with van der Waals surface area (Å²) in [6, 6.07) is 18.7. The summed E-state index contributed by atoms with van der Waals surface area (Å²) >= 11 is 0. The highest BCUT2D eigenvalue weighted by molar-refractivity contribution is 6.08. The minimum absolute atomic E-state index is 0.234. The topological polar surface area (TPSA) is 86.9 Å². The summed E-state index contributed by atoms with van der Waals surface area (Å²) in [7, 11) is 0. The lowest BCUT2D eigenvalue weighted by molar-refractivity contribution is 0.0950. The molecule has 0 radical (unpaired) electrons. The Bertz CT molecular complexity index is 844. The Balaban J connectivity index is 1.59. The number of nitrogens with zero attached hydrogens (tertiary/aromatic N) is 1. The normalized spacial score (nSPS) is 10.2. The first-order chi connectivity index (χ1) is 12.2. The summed E-state index contributed by atoms with van der Waals surface area (Å²) < 4.78 is 0. The Morgan fingerprint density at radius 1 is 0.920 bits per heavy atom. The standard InChI is InChI=1S/C19H18N4O2/c24-18(15-9-5-2-6-10-15)22-16-13-21-23-17(16)19(25)20-12-11-14-7-3-1-4-8-14/h1-10,13H,11-12H2,(H,20,25)(H,21,23)(H,22,24). The lowest BCUT2D eigenvalue weighted by Crippen LogP contribution is -2.27. The number of carbonyl (C=O) groups excluding carboxylic acids is 2. The van der Waals surface area contributed by atoms with Gasteiger partial charge in [-0.05, 0) is 24.1 Å². The number of benzene rings is 2. The number of rotatable bonds is 6. The van der Waals surface area contributed by atoms with Crippen LogP contribution in [0.1, 0.15) is 26.4 Å². The van der Waals surface area contributed by atoms with E-state index >= 15 is 0 Å². The second-order valence-corrected chi connectivity index (χ2v) is 5.47. The second-order valence-electron chi connectivity index (χ2n) is 5.47. The molecule has 0 aliphatic carbocycles. The number of hydrogen-bond donors (Lipinski definition) is 3. The van der Waals surface area contributed by atoms with Gasteiger partial charge in [-0.15, -0.1) is 0 Å². The van der Waals surface area contributed by atoms with Crippen molar-refractivity contribution in [2.75, 3.05) is 11.9 Å². The smallest absolute Gasteiger partial charge is 0.271 e. The predicted octanol–water partition coefficient (Wildman–Crippen LogP) is 2.63. The third-order valence-corrected chi connectivity index (χ3v) is 3.69. The van der Waals surface area contributed by atoms with E-state index in [0.717, 1.165) is 12.0 Å². The van der Waals surface area contributed by atoms with Gasteiger partial charge in [0.25, 0.3) is 11.8 Å². The summed E-state index contributed by atoms with van der Waals surface area (Å²) in [6.07, 6.45) is 2.15. The van der Waals surface area contributed by atoms with Gasteiger partial charge in [0.1, 0.15) is 5.69 Å². The first-order valence-corrected chi connectivity index (χ1v) is 7.96. The molecule has 3 N–H and O–H groups in total. The number of aromatic nitrogens is 2. The fraction of sp³-hybridized carbons (Fsp3) is 0.105. The number of amides is 2. The quantitative estimate of drug-likeness (QED) is 0.647. The molecule has 2 amide bonds. The van der Waals surface area contributed by atoms with Crippen LogP contribution in [-0.2, 0) is 6.42 Å². The average Bonchev–Trinajstić information content (AvgIpc) is 3.11. The molecule has 0 aliphatic heterocycles. The van der Waals surface area contributed by atoms with Crippen LogP contribution in [0.3, 0.4) is 0 Å². The molecular formula is C19H18N4O2. The molecule has 126 valence electrons. The molecule has 0 saturated carbocycles. The first-order valence-electron chi connectivity index (χ1n) is 7.96. The molecule has 6 heteroatoms. The Kier molecular flexibility index (Phi) is 5.21. The van der Waals surface area contributed by atoms with E-state index in [4.69, 9.17) is 0 Å². The largest absolute Gasteiger partial charge is 0.350 e. The van der Waals surface area contributed by atoms with Crippen molar-refractivity contribution in [3.63, 3.8) is 0 Å². The Labute approximate surface area is 145 Å². The van der Waals surface area contributed by atoms with Gasteiger partial charge < -0.3 is 10.6 Å². The van der Waals surface area contributed by atoms with Crippen LogP contribution in [0.5, 0.6) is 0 Å². The SMILES string of the molecule is O=C(Nc1cn[nH]c1C(=O)NCCc1ccccc1)c1ccccc1. The van der Waals surface area contributed by atoms with E-state index in [1.807, 2.05) is 36.4 Å². The van der Waals surface area contributed by atoms with Crippen molar-refractivity contribution >= 4 is 17.5 Å². The lowest BCUT2D eigenvalue weighted by atomic mass is 10.1. The Morgan fingerprint density at radius 3 is 2.32 bits per heavy atom. The van der Waals surface area contributed by atoms with Gasteiger partial charge in [-0.2, -0.15) is 5.10 Å². The molecule has 0 saturated heterocycles. The maximum absolute atomic E-state index is 12.3. The molecule has 0 atom stereocenters. The van der Waals surface area contributed by atoms with Gasteiger partial charge in [-0.25, -0.2) is 0 Å². The van der Waals surface area contributed by atoms with Crippen LogP contribution in [0.4, 0.5) is 5.69 Å². The van der Waals surface area contributed by atoms with Crippen LogP contribution in [-0.4, -0.2) is 28.6 Å². The van der Waals surface area contributed by atoms with Crippen molar-refractivity contribution in [1.29, 1.82) is 0 Å². The van der Waals surface area contributed by atoms with Crippen LogP contribution in [0, 0.1) is 0 Å². The zero-order chi connectivity index (χ0) is 17.5. The van der Waals surface area contributed by atoms with Crippen molar-refractivity contribution < 1.29 is 9.59 Å². The van der Waals surface area contributed by atoms with Gasteiger partial charge in [0.2, 0.25) is 0 Å². The predicted molar refractivity (Wildman–Crippen MR) is 95.5 cm³/mol. The van der Waals surface area contributed by atoms with Crippen LogP contribution in [0.2, 0.25) is 0 Å². The lowest BCUT2D eigenvalue weighted by Gasteiger charge is -2.07. The summed E-state index contributed by atoms with van der Waals surface area (Å²) in [5.74, 6) is -0.600. The van der Waals surface area contributed by atoms with Gasteiger partial charge in [-0.1, -0.05) is 48.5 Å². The zero-order valence-electron chi connectivity index (χ0n) is 13.5. The molecule has 1 heterocycles. The van der Waals surface area contributed by atoms with Crippen LogP contribution < -0.4 is 10.6 Å². The zero-order valence-corrected chi connectivity index (χ0v) is 13.5. The third-order valence-electron chi connectivity index (χ3n) is 3.69. The van der Waals surface area contributed by atoms with E-state index in [9.17, 15) is 9.59 Å². The molecule has 3 aromatic rings. The van der Waals surface area contributed by atoms with Crippen molar-refractivity contribution in [3.8, 4) is 0 Å². The van der Waals surface area contributed by atoms with Gasteiger partial charge in [0.05, 0.1) is 11.9 Å². The highest BCUT2D eigenvalue weighted by atomic mass is 16.2. The minimum atomic E-state index is -0.309. The minimum Gasteiger partial charge on any atom is -0.350 e. The number of carbonyl (C=O) groups is 2. The van der Waals surface area contributed by atoms with E-state index < -0.39 is 0 Å². The molecule has 0 unspecified atom stereocenters. The fourth-order valence-electron chi connectivity index (χ4n) is 2.39. The van der Waals surface area contributed by atoms with Gasteiger partial charge in [0.15, 0.2) is 0 Å².